The molecule has 0 saturated carbocycles. The van der Waals surface area contributed by atoms with Gasteiger partial charge in [-0.05, 0) is 18.9 Å². The number of hydrogen-bond donors (Lipinski definition) is 1. The number of carbonyl (C=O) groups excluding carboxylic acids is 1. The summed E-state index contributed by atoms with van der Waals surface area (Å²) in [5, 5.41) is 19.7. The van der Waals surface area contributed by atoms with Crippen molar-refractivity contribution < 1.29 is 19.6 Å². The Hall–Kier alpha value is -2.44. The van der Waals surface area contributed by atoms with Gasteiger partial charge in [0, 0.05) is 24.2 Å². The first-order chi connectivity index (χ1) is 9.00. The molecule has 1 amide bonds. The van der Waals surface area contributed by atoms with Gasteiger partial charge in [0.25, 0.3) is 11.6 Å². The molecule has 7 nitrogen and oxygen atoms in total. The van der Waals surface area contributed by atoms with Crippen LogP contribution in [0.15, 0.2) is 24.3 Å². The van der Waals surface area contributed by atoms with E-state index in [1.165, 1.54) is 29.2 Å². The predicted octanol–water partition coefficient (Wildman–Crippen LogP) is 1.28. The molecule has 1 aliphatic rings. The minimum absolute atomic E-state index is 0.141. The lowest BCUT2D eigenvalue weighted by Crippen LogP contribution is -2.40. The molecule has 1 aromatic rings. The Morgan fingerprint density at radius 1 is 1.42 bits per heavy atom. The number of amides is 1. The first kappa shape index (κ1) is 13.0. The van der Waals surface area contributed by atoms with Crippen molar-refractivity contribution in [1.82, 2.24) is 4.90 Å². The van der Waals surface area contributed by atoms with E-state index in [0.717, 1.165) is 0 Å². The second-order valence-electron chi connectivity index (χ2n) is 4.30. The molecule has 1 aromatic carbocycles. The zero-order chi connectivity index (χ0) is 14.0. The van der Waals surface area contributed by atoms with Crippen molar-refractivity contribution in [3.05, 3.63) is 39.9 Å². The van der Waals surface area contributed by atoms with Crippen LogP contribution in [0.3, 0.4) is 0 Å². The number of nitrogens with zero attached hydrogens (tertiary/aromatic N) is 2. The van der Waals surface area contributed by atoms with Crippen LogP contribution in [0.25, 0.3) is 0 Å². The number of nitro benzene ring substituents is 1. The Labute approximate surface area is 108 Å². The average Bonchev–Trinajstić information content (AvgIpc) is 2.87. The number of hydrogen-bond acceptors (Lipinski definition) is 4. The Balaban J connectivity index is 2.26. The Bertz CT molecular complexity index is 543. The van der Waals surface area contributed by atoms with E-state index in [9.17, 15) is 19.7 Å². The van der Waals surface area contributed by atoms with Gasteiger partial charge in [0.05, 0.1) is 4.92 Å². The average molecular weight is 264 g/mol. The van der Waals surface area contributed by atoms with Crippen molar-refractivity contribution in [2.45, 2.75) is 18.9 Å². The molecule has 1 atom stereocenters. The van der Waals surface area contributed by atoms with Gasteiger partial charge in [-0.15, -0.1) is 0 Å². The van der Waals surface area contributed by atoms with Gasteiger partial charge >= 0.3 is 5.97 Å². The van der Waals surface area contributed by atoms with Crippen LogP contribution in [-0.2, 0) is 4.79 Å². The van der Waals surface area contributed by atoms with Crippen LogP contribution in [0.1, 0.15) is 23.2 Å². The third-order valence-electron chi connectivity index (χ3n) is 3.10. The monoisotopic (exact) mass is 264 g/mol. The second-order valence-corrected chi connectivity index (χ2v) is 4.30. The van der Waals surface area contributed by atoms with Crippen LogP contribution in [0.4, 0.5) is 5.69 Å². The van der Waals surface area contributed by atoms with E-state index < -0.39 is 22.8 Å². The molecule has 0 radical (unpaired) electrons. The largest absolute Gasteiger partial charge is 0.480 e. The number of carboxylic acids is 1. The summed E-state index contributed by atoms with van der Waals surface area (Å²) in [5.41, 5.74) is -0.0423. The van der Waals surface area contributed by atoms with Crippen molar-refractivity contribution >= 4 is 17.6 Å². The molecule has 0 aliphatic carbocycles. The predicted molar refractivity (Wildman–Crippen MR) is 64.8 cm³/mol. The maximum Gasteiger partial charge on any atom is 0.326 e. The molecule has 1 heterocycles. The van der Waals surface area contributed by atoms with Crippen LogP contribution < -0.4 is 0 Å². The molecule has 1 saturated heterocycles. The number of nitro groups is 1. The van der Waals surface area contributed by atoms with Crippen molar-refractivity contribution in [2.75, 3.05) is 6.54 Å². The van der Waals surface area contributed by atoms with Gasteiger partial charge in [-0.2, -0.15) is 0 Å². The fourth-order valence-corrected chi connectivity index (χ4v) is 2.18. The molecule has 1 N–H and O–H groups in total. The Morgan fingerprint density at radius 2 is 2.16 bits per heavy atom. The van der Waals surface area contributed by atoms with Crippen molar-refractivity contribution in [2.24, 2.45) is 0 Å². The fourth-order valence-electron chi connectivity index (χ4n) is 2.18. The number of rotatable bonds is 3. The number of aliphatic carboxylic acids is 1. The maximum atomic E-state index is 12.2. The van der Waals surface area contributed by atoms with Crippen LogP contribution in [0.5, 0.6) is 0 Å². The summed E-state index contributed by atoms with van der Waals surface area (Å²) >= 11 is 0. The molecule has 0 unspecified atom stereocenters. The lowest BCUT2D eigenvalue weighted by Gasteiger charge is -2.21. The van der Waals surface area contributed by atoms with Gasteiger partial charge < -0.3 is 10.0 Å². The van der Waals surface area contributed by atoms with Gasteiger partial charge in [0.15, 0.2) is 0 Å². The zero-order valence-corrected chi connectivity index (χ0v) is 9.98. The summed E-state index contributed by atoms with van der Waals surface area (Å²) < 4.78 is 0. The molecule has 19 heavy (non-hydrogen) atoms. The van der Waals surface area contributed by atoms with Crippen molar-refractivity contribution in [3.63, 3.8) is 0 Å². The van der Waals surface area contributed by atoms with E-state index in [2.05, 4.69) is 0 Å². The lowest BCUT2D eigenvalue weighted by molar-refractivity contribution is -0.384. The SMILES string of the molecule is O=C(O)[C@H]1CCCN1C(=O)c1cccc([N+](=O)[O-])c1. The third kappa shape index (κ3) is 2.54. The summed E-state index contributed by atoms with van der Waals surface area (Å²) in [4.78, 5) is 34.5. The van der Waals surface area contributed by atoms with Crippen molar-refractivity contribution in [1.29, 1.82) is 0 Å². The maximum absolute atomic E-state index is 12.2. The van der Waals surface area contributed by atoms with Crippen LogP contribution in [0, 0.1) is 10.1 Å². The topological polar surface area (TPSA) is 101 Å². The minimum atomic E-state index is -1.05. The molecule has 100 valence electrons. The van der Waals surface area contributed by atoms with E-state index in [-0.39, 0.29) is 11.3 Å². The molecule has 1 fully saturated rings. The van der Waals surface area contributed by atoms with E-state index >= 15 is 0 Å². The third-order valence-corrected chi connectivity index (χ3v) is 3.10. The van der Waals surface area contributed by atoms with Gasteiger partial charge in [-0.1, -0.05) is 6.07 Å². The summed E-state index contributed by atoms with van der Waals surface area (Å²) in [6.07, 6.45) is 1.04. The van der Waals surface area contributed by atoms with E-state index in [4.69, 9.17) is 5.11 Å². The van der Waals surface area contributed by atoms with Gasteiger partial charge in [-0.25, -0.2) is 4.79 Å². The number of carbonyl (C=O) groups is 2. The highest BCUT2D eigenvalue weighted by Gasteiger charge is 2.34. The first-order valence-corrected chi connectivity index (χ1v) is 5.79. The van der Waals surface area contributed by atoms with Crippen molar-refractivity contribution in [3.8, 4) is 0 Å². The quantitative estimate of drug-likeness (QED) is 0.654. The second kappa shape index (κ2) is 5.05. The van der Waals surface area contributed by atoms with E-state index in [1.54, 1.807) is 0 Å². The smallest absolute Gasteiger partial charge is 0.326 e. The van der Waals surface area contributed by atoms with E-state index in [1.807, 2.05) is 0 Å². The molecule has 0 spiro atoms. The molecular weight excluding hydrogens is 252 g/mol. The molecule has 1 aliphatic heterocycles. The Kier molecular flexibility index (Phi) is 3.46. The van der Waals surface area contributed by atoms with Gasteiger partial charge in [0.2, 0.25) is 0 Å². The highest BCUT2D eigenvalue weighted by atomic mass is 16.6. The van der Waals surface area contributed by atoms with Crippen LogP contribution in [-0.4, -0.2) is 39.4 Å². The number of carboxylic acid groups (broad SMARTS) is 1. The Morgan fingerprint density at radius 3 is 2.79 bits per heavy atom. The van der Waals surface area contributed by atoms with E-state index in [0.29, 0.717) is 19.4 Å². The highest BCUT2D eigenvalue weighted by Crippen LogP contribution is 2.22. The standard InChI is InChI=1S/C12H12N2O5/c15-11(13-6-2-5-10(13)12(16)17)8-3-1-4-9(7-8)14(18)19/h1,3-4,7,10H,2,5-6H2,(H,16,17)/t10-/m1/s1. The summed E-state index contributed by atoms with van der Waals surface area (Å²) in [6.45, 7) is 0.360. The number of benzene rings is 1. The van der Waals surface area contributed by atoms with Crippen LogP contribution in [0.2, 0.25) is 0 Å². The molecule has 2 rings (SSSR count). The molecule has 7 heteroatoms. The summed E-state index contributed by atoms with van der Waals surface area (Å²) in [7, 11) is 0. The number of non-ortho nitro benzene ring substituents is 1. The van der Waals surface area contributed by atoms with Gasteiger partial charge in [0.1, 0.15) is 6.04 Å². The van der Waals surface area contributed by atoms with Gasteiger partial charge in [-0.3, -0.25) is 14.9 Å². The first-order valence-electron chi connectivity index (χ1n) is 5.79. The van der Waals surface area contributed by atoms with Crippen LogP contribution >= 0.6 is 0 Å². The molecule has 0 aromatic heterocycles. The summed E-state index contributed by atoms with van der Waals surface area (Å²) in [5.74, 6) is -1.52. The fraction of sp³-hybridized carbons (Fsp3) is 0.333. The molecule has 0 bridgehead atoms. The highest BCUT2D eigenvalue weighted by molar-refractivity contribution is 5.97. The number of likely N-dealkylation sites (tertiary alicyclic amines) is 1. The zero-order valence-electron chi connectivity index (χ0n) is 9.98. The minimum Gasteiger partial charge on any atom is -0.480 e. The summed E-state index contributed by atoms with van der Waals surface area (Å²) in [6, 6.07) is 4.48. The normalized spacial score (nSPS) is 18.3. The molecular formula is C12H12N2O5. The lowest BCUT2D eigenvalue weighted by atomic mass is 10.1.